The van der Waals surface area contributed by atoms with Crippen molar-refractivity contribution in [1.29, 1.82) is 0 Å². The first-order valence-corrected chi connectivity index (χ1v) is 29.2. The zero-order valence-electron chi connectivity index (χ0n) is 5.46. The van der Waals surface area contributed by atoms with Gasteiger partial charge < -0.3 is 0 Å². The van der Waals surface area contributed by atoms with Gasteiger partial charge in [-0.3, -0.25) is 0 Å². The van der Waals surface area contributed by atoms with Crippen LogP contribution in [0.25, 0.3) is 0 Å². The molecule has 0 radical (unpaired) electrons. The Morgan fingerprint density at radius 1 is 1.11 bits per heavy atom. The molecule has 0 unspecified atom stereocenters. The molecule has 0 aliphatic heterocycles. The molecule has 56 valence electrons. The number of hydrogen-bond donors (Lipinski definition) is 0. The topological polar surface area (TPSA) is 0 Å². The molecule has 0 nitrogen and oxygen atoms in total. The van der Waals surface area contributed by atoms with Crippen molar-refractivity contribution < 1.29 is 13.0 Å². The Bertz CT molecular complexity index is 69.1. The van der Waals surface area contributed by atoms with E-state index >= 15 is 0 Å². The van der Waals surface area contributed by atoms with E-state index in [1.807, 2.05) is 0 Å². The van der Waals surface area contributed by atoms with E-state index < -0.39 is 13.0 Å². The molecule has 0 heterocycles. The first kappa shape index (κ1) is 11.3. The minimum atomic E-state index is -2.00. The average Bonchev–Trinajstić information content (AvgIpc) is 1.63. The Hall–Kier alpha value is 2.31. The molecule has 0 amide bonds. The Labute approximate surface area is 79.0 Å². The molecule has 9 heavy (non-hydrogen) atoms. The van der Waals surface area contributed by atoms with Crippen LogP contribution in [0.2, 0.25) is 4.18 Å². The van der Waals surface area contributed by atoms with Crippen molar-refractivity contribution in [1.82, 2.24) is 0 Å². The first-order valence-electron chi connectivity index (χ1n) is 3.13. The van der Waals surface area contributed by atoms with Crippen molar-refractivity contribution in [2.45, 2.75) is 30.4 Å². The van der Waals surface area contributed by atoms with Crippen molar-refractivity contribution >= 4 is 36.9 Å². The van der Waals surface area contributed by atoms with E-state index in [1.165, 1.54) is 23.4 Å². The van der Waals surface area contributed by atoms with Crippen molar-refractivity contribution in [3.8, 4) is 0 Å². The van der Waals surface area contributed by atoms with Gasteiger partial charge in [-0.2, -0.15) is 0 Å². The third-order valence-electron chi connectivity index (χ3n) is 1.06. The number of rotatable bonds is 4. The van der Waals surface area contributed by atoms with Gasteiger partial charge in [0.2, 0.25) is 0 Å². The average molecular weight is 489 g/mol. The standard InChI is InChI=1S/C5H11.3BrH.Hf/c1-3-5-4-2;;;;/h1,3-5H2,2H3;3*1H;/q;;;;+3/p-3. The molecule has 0 aromatic rings. The molecule has 0 saturated heterocycles. The summed E-state index contributed by atoms with van der Waals surface area (Å²) < 4.78 is 1.35. The minimum absolute atomic E-state index is 1.32. The molecular formula is C5H11Br3Hf. The van der Waals surface area contributed by atoms with Crippen LogP contribution in [0.4, 0.5) is 0 Å². The quantitative estimate of drug-likeness (QED) is 0.398. The van der Waals surface area contributed by atoms with E-state index in [-0.39, 0.29) is 0 Å². The van der Waals surface area contributed by atoms with Crippen molar-refractivity contribution in [2.24, 2.45) is 0 Å². The fraction of sp³-hybridized carbons (Fsp3) is 1.00. The molecule has 0 fully saturated rings. The van der Waals surface area contributed by atoms with Gasteiger partial charge in [-0.05, 0) is 0 Å². The van der Waals surface area contributed by atoms with Crippen LogP contribution in [0.3, 0.4) is 0 Å². The normalized spacial score (nSPS) is 12.0. The molecule has 0 aromatic heterocycles. The molecule has 0 atom stereocenters. The Morgan fingerprint density at radius 3 is 2.00 bits per heavy atom. The fourth-order valence-electron chi connectivity index (χ4n) is 0.575. The fourth-order valence-corrected chi connectivity index (χ4v) is 9.80. The maximum absolute atomic E-state index is 3.66. The third-order valence-corrected chi connectivity index (χ3v) is 14.1. The van der Waals surface area contributed by atoms with Gasteiger partial charge in [0.25, 0.3) is 0 Å². The molecule has 0 aliphatic rings. The van der Waals surface area contributed by atoms with Gasteiger partial charge in [0.15, 0.2) is 0 Å². The summed E-state index contributed by atoms with van der Waals surface area (Å²) in [6.45, 7) is 2.23. The molecule has 0 bridgehead atoms. The molecular weight excluding hydrogens is 478 g/mol. The van der Waals surface area contributed by atoms with Gasteiger partial charge in [-0.25, -0.2) is 0 Å². The van der Waals surface area contributed by atoms with Gasteiger partial charge in [0.05, 0.1) is 0 Å². The van der Waals surface area contributed by atoms with E-state index in [9.17, 15) is 0 Å². The summed E-state index contributed by atoms with van der Waals surface area (Å²) in [6.07, 6.45) is 4.04. The Balaban J connectivity index is 3.07. The van der Waals surface area contributed by atoms with Gasteiger partial charge >= 0.3 is 80.2 Å². The summed E-state index contributed by atoms with van der Waals surface area (Å²) in [7, 11) is 0. The summed E-state index contributed by atoms with van der Waals surface area (Å²) >= 11 is 8.99. The Morgan fingerprint density at radius 2 is 1.67 bits per heavy atom. The summed E-state index contributed by atoms with van der Waals surface area (Å²) in [5.74, 6) is 0. The van der Waals surface area contributed by atoms with Gasteiger partial charge in [0.1, 0.15) is 0 Å². The number of hydrogen-bond acceptors (Lipinski definition) is 0. The predicted octanol–water partition coefficient (Wildman–Crippen LogP) is 4.68. The predicted molar refractivity (Wildman–Crippen MR) is 51.1 cm³/mol. The molecule has 0 saturated carbocycles. The van der Waals surface area contributed by atoms with Crippen LogP contribution in [0.15, 0.2) is 0 Å². The van der Waals surface area contributed by atoms with E-state index in [2.05, 4.69) is 43.8 Å². The summed E-state index contributed by atoms with van der Waals surface area (Å²) in [5, 5.41) is 0. The van der Waals surface area contributed by atoms with Gasteiger partial charge in [-0.15, -0.1) is 0 Å². The molecule has 0 rings (SSSR count). The zero-order valence-corrected chi connectivity index (χ0v) is 13.8. The molecule has 0 aliphatic carbocycles. The summed E-state index contributed by atoms with van der Waals surface area (Å²) in [6, 6.07) is 0. The number of unbranched alkanes of at least 4 members (excludes halogenated alkanes) is 2. The van der Waals surface area contributed by atoms with E-state index in [0.717, 1.165) is 0 Å². The Kier molecular flexibility index (Phi) is 7.41. The van der Waals surface area contributed by atoms with Crippen LogP contribution >= 0.6 is 36.9 Å². The first-order chi connectivity index (χ1) is 4.06. The zero-order chi connectivity index (χ0) is 7.33. The molecule has 0 aromatic carbocycles. The van der Waals surface area contributed by atoms with Crippen molar-refractivity contribution in [2.75, 3.05) is 0 Å². The van der Waals surface area contributed by atoms with Crippen LogP contribution in [0.5, 0.6) is 0 Å². The van der Waals surface area contributed by atoms with Crippen LogP contribution < -0.4 is 0 Å². The monoisotopic (exact) mass is 488 g/mol. The second-order valence-corrected chi connectivity index (χ2v) is 67.7. The molecule has 4 heteroatoms. The SMILES string of the molecule is CCCC[CH2][Hf]([Br])([Br])[Br]. The van der Waals surface area contributed by atoms with Crippen molar-refractivity contribution in [3.05, 3.63) is 0 Å². The van der Waals surface area contributed by atoms with Crippen LogP contribution in [0, 0.1) is 0 Å². The third kappa shape index (κ3) is 10.3. The summed E-state index contributed by atoms with van der Waals surface area (Å²) in [4.78, 5) is 0. The van der Waals surface area contributed by atoms with Crippen molar-refractivity contribution in [3.63, 3.8) is 0 Å². The maximum atomic E-state index is 3.66. The van der Waals surface area contributed by atoms with Crippen LogP contribution in [-0.2, 0) is 13.0 Å². The van der Waals surface area contributed by atoms with Crippen LogP contribution in [0.1, 0.15) is 26.2 Å². The summed E-state index contributed by atoms with van der Waals surface area (Å²) in [5.41, 5.74) is 0. The second-order valence-electron chi connectivity index (χ2n) is 2.07. The number of halogens is 3. The van der Waals surface area contributed by atoms with E-state index in [1.54, 1.807) is 0 Å². The molecule has 0 N–H and O–H groups in total. The van der Waals surface area contributed by atoms with Crippen LogP contribution in [-0.4, -0.2) is 0 Å². The van der Waals surface area contributed by atoms with Gasteiger partial charge in [0, 0.05) is 0 Å². The van der Waals surface area contributed by atoms with Gasteiger partial charge in [-0.1, -0.05) is 0 Å². The van der Waals surface area contributed by atoms with E-state index in [0.29, 0.717) is 0 Å². The van der Waals surface area contributed by atoms with E-state index in [4.69, 9.17) is 0 Å². The second kappa shape index (κ2) is 5.90. The molecule has 0 spiro atoms.